The van der Waals surface area contributed by atoms with E-state index in [1.54, 1.807) is 0 Å². The van der Waals surface area contributed by atoms with Gasteiger partial charge in [-0.15, -0.1) is 0 Å². The number of carbonyl (C=O) groups is 5. The quantitative estimate of drug-likeness (QED) is 0.172. The fraction of sp³-hybridized carbons (Fsp3) is 0.550. The molecule has 30 heavy (non-hydrogen) atoms. The van der Waals surface area contributed by atoms with E-state index in [0.29, 0.717) is 19.6 Å². The summed E-state index contributed by atoms with van der Waals surface area (Å²) in [6.07, 6.45) is -0.755. The average molecular weight is 432 g/mol. The number of ether oxygens (including phenoxy) is 3. The number of aliphatic carboxylic acids is 1. The molecule has 0 spiro atoms. The van der Waals surface area contributed by atoms with Gasteiger partial charge in [-0.2, -0.15) is 0 Å². The zero-order chi connectivity index (χ0) is 24.3. The number of Topliss-reactive ketones (excluding diaryl/α,β-unsaturated/α-hetero) is 1. The molecule has 1 unspecified atom stereocenters. The molecule has 0 aliphatic rings. The van der Waals surface area contributed by atoms with Crippen LogP contribution in [-0.2, 0) is 38.2 Å². The molecule has 0 aromatic heterocycles. The minimum atomic E-state index is -1.05. The second-order valence-corrected chi connectivity index (χ2v) is 5.90. The summed E-state index contributed by atoms with van der Waals surface area (Å²) in [7, 11) is 0. The lowest BCUT2D eigenvalue weighted by atomic mass is 10.3. The predicted molar refractivity (Wildman–Crippen MR) is 107 cm³/mol. The number of aliphatic hydroxyl groups excluding tert-OH is 1. The minimum Gasteiger partial charge on any atom is -0.478 e. The van der Waals surface area contributed by atoms with E-state index < -0.39 is 30.2 Å². The van der Waals surface area contributed by atoms with Crippen molar-refractivity contribution < 1.29 is 48.4 Å². The van der Waals surface area contributed by atoms with E-state index in [2.05, 4.69) is 22.6 Å². The smallest absolute Gasteiger partial charge is 0.335 e. The van der Waals surface area contributed by atoms with Gasteiger partial charge in [0, 0.05) is 30.8 Å². The largest absolute Gasteiger partial charge is 0.478 e. The van der Waals surface area contributed by atoms with Crippen LogP contribution in [0.15, 0.2) is 24.3 Å². The maximum absolute atomic E-state index is 11.0. The van der Waals surface area contributed by atoms with Crippen molar-refractivity contribution in [2.45, 2.75) is 60.2 Å². The van der Waals surface area contributed by atoms with Gasteiger partial charge in [-0.3, -0.25) is 14.4 Å². The summed E-state index contributed by atoms with van der Waals surface area (Å²) < 4.78 is 13.7. The molecule has 0 bridgehead atoms. The summed E-state index contributed by atoms with van der Waals surface area (Å²) in [5.41, 5.74) is 0.464. The van der Waals surface area contributed by atoms with E-state index in [4.69, 9.17) is 14.9 Å². The number of aliphatic hydroxyl groups is 1. The first-order valence-electron chi connectivity index (χ1n) is 8.98. The maximum Gasteiger partial charge on any atom is 0.335 e. The molecular formula is C20H32O10. The van der Waals surface area contributed by atoms with Crippen LogP contribution in [0, 0.1) is 0 Å². The van der Waals surface area contributed by atoms with E-state index in [0.717, 1.165) is 0 Å². The standard InChI is InChI=1S/C10H16O5.C6H10O3.C4H6O2/c1-3-14-6-4-5-9(12)15-10(13)7-8(2)11;1-4(2)6(8)9-5(3)7;1-3(2)4(5)6/h3-7H2,1-2H3;5,7H,1H2,2-3H3;1H2,2H3,(H,5,6). The number of carboxylic acid groups (broad SMARTS) is 1. The SMILES string of the molecule is C=C(C)C(=O)O.C=C(C)C(=O)OC(C)O.CCOCCCC(=O)OC(=O)CC(C)=O. The van der Waals surface area contributed by atoms with Crippen LogP contribution < -0.4 is 0 Å². The van der Waals surface area contributed by atoms with Crippen LogP contribution in [0.3, 0.4) is 0 Å². The number of esters is 3. The zero-order valence-corrected chi connectivity index (χ0v) is 18.2. The Morgan fingerprint density at radius 3 is 1.77 bits per heavy atom. The Hall–Kier alpha value is -2.85. The fourth-order valence-electron chi connectivity index (χ4n) is 1.14. The van der Waals surface area contributed by atoms with Crippen molar-refractivity contribution in [1.29, 1.82) is 0 Å². The average Bonchev–Trinajstić information content (AvgIpc) is 2.58. The van der Waals surface area contributed by atoms with Crippen molar-refractivity contribution in [2.75, 3.05) is 13.2 Å². The number of carboxylic acids is 1. The Labute approximate surface area is 176 Å². The molecule has 172 valence electrons. The number of hydrogen-bond acceptors (Lipinski definition) is 9. The molecule has 0 aromatic carbocycles. The monoisotopic (exact) mass is 432 g/mol. The minimum absolute atomic E-state index is 0.129. The molecule has 0 aliphatic heterocycles. The summed E-state index contributed by atoms with van der Waals surface area (Å²) in [6.45, 7) is 15.0. The van der Waals surface area contributed by atoms with Gasteiger partial charge in [0.1, 0.15) is 12.2 Å². The Bertz CT molecular complexity index is 593. The number of rotatable bonds is 10. The molecule has 10 nitrogen and oxygen atoms in total. The maximum atomic E-state index is 11.0. The first kappa shape index (κ1) is 31.8. The van der Waals surface area contributed by atoms with Crippen molar-refractivity contribution in [3.63, 3.8) is 0 Å². The molecule has 0 heterocycles. The Morgan fingerprint density at radius 1 is 0.967 bits per heavy atom. The highest BCUT2D eigenvalue weighted by Gasteiger charge is 2.11. The van der Waals surface area contributed by atoms with Gasteiger partial charge in [0.2, 0.25) is 0 Å². The third-order valence-electron chi connectivity index (χ3n) is 2.49. The van der Waals surface area contributed by atoms with Crippen molar-refractivity contribution >= 4 is 29.7 Å². The second kappa shape index (κ2) is 19.5. The van der Waals surface area contributed by atoms with Gasteiger partial charge in [0.05, 0.1) is 0 Å². The van der Waals surface area contributed by atoms with Crippen molar-refractivity contribution in [1.82, 2.24) is 0 Å². The van der Waals surface area contributed by atoms with E-state index >= 15 is 0 Å². The summed E-state index contributed by atoms with van der Waals surface area (Å²) >= 11 is 0. The lowest BCUT2D eigenvalue weighted by Crippen LogP contribution is -2.15. The van der Waals surface area contributed by atoms with Crippen LogP contribution in [0.2, 0.25) is 0 Å². The molecule has 0 fully saturated rings. The second-order valence-electron chi connectivity index (χ2n) is 5.90. The fourth-order valence-corrected chi connectivity index (χ4v) is 1.14. The topological polar surface area (TPSA) is 154 Å². The number of carbonyl (C=O) groups excluding carboxylic acids is 4. The Morgan fingerprint density at radius 2 is 1.47 bits per heavy atom. The van der Waals surface area contributed by atoms with Crippen LogP contribution >= 0.6 is 0 Å². The highest BCUT2D eigenvalue weighted by molar-refractivity contribution is 5.98. The first-order valence-corrected chi connectivity index (χ1v) is 8.98. The molecule has 10 heteroatoms. The van der Waals surface area contributed by atoms with E-state index in [9.17, 15) is 24.0 Å². The van der Waals surface area contributed by atoms with Crippen molar-refractivity contribution in [3.05, 3.63) is 24.3 Å². The van der Waals surface area contributed by atoms with E-state index in [1.165, 1.54) is 27.7 Å². The van der Waals surface area contributed by atoms with E-state index in [-0.39, 0.29) is 29.8 Å². The van der Waals surface area contributed by atoms with Crippen LogP contribution in [0.4, 0.5) is 0 Å². The highest BCUT2D eigenvalue weighted by atomic mass is 16.6. The summed E-state index contributed by atoms with van der Waals surface area (Å²) in [4.78, 5) is 52.4. The molecule has 0 aliphatic carbocycles. The normalized spacial score (nSPS) is 10.1. The Balaban J connectivity index is -0.000000411. The van der Waals surface area contributed by atoms with Crippen molar-refractivity contribution in [2.24, 2.45) is 0 Å². The number of ketones is 1. The molecule has 0 aromatic rings. The molecule has 0 radical (unpaired) electrons. The van der Waals surface area contributed by atoms with Crippen LogP contribution in [0.1, 0.15) is 53.9 Å². The van der Waals surface area contributed by atoms with Crippen LogP contribution in [-0.4, -0.2) is 59.4 Å². The highest BCUT2D eigenvalue weighted by Crippen LogP contribution is 1.97. The summed E-state index contributed by atoms with van der Waals surface area (Å²) in [5, 5.41) is 16.4. The van der Waals surface area contributed by atoms with Crippen LogP contribution in [0.25, 0.3) is 0 Å². The zero-order valence-electron chi connectivity index (χ0n) is 18.2. The lowest BCUT2D eigenvalue weighted by Gasteiger charge is -2.04. The Kier molecular flexibility index (Phi) is 20.7. The molecular weight excluding hydrogens is 400 g/mol. The van der Waals surface area contributed by atoms with Gasteiger partial charge < -0.3 is 24.4 Å². The van der Waals surface area contributed by atoms with Crippen LogP contribution in [0.5, 0.6) is 0 Å². The lowest BCUT2D eigenvalue weighted by molar-refractivity contribution is -0.161. The van der Waals surface area contributed by atoms with Gasteiger partial charge in [-0.05, 0) is 41.0 Å². The molecule has 0 rings (SSSR count). The third kappa shape index (κ3) is 27.4. The molecule has 0 saturated heterocycles. The number of hydrogen-bond donors (Lipinski definition) is 2. The van der Waals surface area contributed by atoms with Gasteiger partial charge >= 0.3 is 23.9 Å². The molecule has 0 amide bonds. The molecule has 2 N–H and O–H groups in total. The van der Waals surface area contributed by atoms with E-state index in [1.807, 2.05) is 6.92 Å². The molecule has 1 atom stereocenters. The van der Waals surface area contributed by atoms with Gasteiger partial charge in [0.15, 0.2) is 6.29 Å². The van der Waals surface area contributed by atoms with Gasteiger partial charge in [-0.1, -0.05) is 13.2 Å². The first-order chi connectivity index (χ1) is 13.7. The molecule has 0 saturated carbocycles. The van der Waals surface area contributed by atoms with Gasteiger partial charge in [0.25, 0.3) is 0 Å². The summed E-state index contributed by atoms with van der Waals surface area (Å²) in [6, 6.07) is 0. The van der Waals surface area contributed by atoms with Gasteiger partial charge in [-0.25, -0.2) is 9.59 Å². The third-order valence-corrected chi connectivity index (χ3v) is 2.49. The predicted octanol–water partition coefficient (Wildman–Crippen LogP) is 1.94. The summed E-state index contributed by atoms with van der Waals surface area (Å²) in [5.74, 6) is -3.22. The van der Waals surface area contributed by atoms with Crippen molar-refractivity contribution in [3.8, 4) is 0 Å².